The standard InChI is InChI=1S/C19H34N6/c1-3-19(11-8-12-19)15-22-18(20-2)21-13-7-10-17-24-23-16-9-5-4-6-14-25(16)17/h3-15H2,1-2H3,(H2,20,21,22). The largest absolute Gasteiger partial charge is 0.356 e. The topological polar surface area (TPSA) is 67.1 Å². The first-order valence-electron chi connectivity index (χ1n) is 10.1. The fraction of sp³-hybridized carbons (Fsp3) is 0.842. The lowest BCUT2D eigenvalue weighted by Gasteiger charge is -2.41. The smallest absolute Gasteiger partial charge is 0.190 e. The third kappa shape index (κ3) is 4.53. The van der Waals surface area contributed by atoms with Crippen LogP contribution in [0.25, 0.3) is 0 Å². The second-order valence-electron chi connectivity index (χ2n) is 7.66. The third-order valence-corrected chi connectivity index (χ3v) is 6.07. The Balaban J connectivity index is 1.39. The van der Waals surface area contributed by atoms with Gasteiger partial charge < -0.3 is 15.2 Å². The van der Waals surface area contributed by atoms with E-state index < -0.39 is 0 Å². The average Bonchev–Trinajstić information content (AvgIpc) is 2.82. The molecule has 0 amide bonds. The van der Waals surface area contributed by atoms with E-state index in [9.17, 15) is 0 Å². The van der Waals surface area contributed by atoms with Crippen molar-refractivity contribution < 1.29 is 0 Å². The number of aromatic nitrogens is 3. The fourth-order valence-corrected chi connectivity index (χ4v) is 4.01. The lowest BCUT2D eigenvalue weighted by atomic mass is 9.67. The third-order valence-electron chi connectivity index (χ3n) is 6.07. The van der Waals surface area contributed by atoms with Crippen LogP contribution >= 0.6 is 0 Å². The Morgan fingerprint density at radius 1 is 1.16 bits per heavy atom. The second kappa shape index (κ2) is 8.68. The molecular formula is C19H34N6. The van der Waals surface area contributed by atoms with Crippen LogP contribution in [0.2, 0.25) is 0 Å². The van der Waals surface area contributed by atoms with Crippen LogP contribution in [0.15, 0.2) is 4.99 Å². The molecule has 1 aromatic heterocycles. The summed E-state index contributed by atoms with van der Waals surface area (Å²) in [6, 6.07) is 0. The highest BCUT2D eigenvalue weighted by molar-refractivity contribution is 5.79. The summed E-state index contributed by atoms with van der Waals surface area (Å²) >= 11 is 0. The number of nitrogens with one attached hydrogen (secondary N) is 2. The molecule has 0 radical (unpaired) electrons. The first-order valence-corrected chi connectivity index (χ1v) is 10.1. The van der Waals surface area contributed by atoms with Crippen molar-refractivity contribution in [2.24, 2.45) is 10.4 Å². The Hall–Kier alpha value is -1.59. The molecule has 6 nitrogen and oxygen atoms in total. The van der Waals surface area contributed by atoms with Crippen molar-refractivity contribution in [3.63, 3.8) is 0 Å². The molecule has 2 N–H and O–H groups in total. The summed E-state index contributed by atoms with van der Waals surface area (Å²) < 4.78 is 2.35. The lowest BCUT2D eigenvalue weighted by Crippen LogP contribution is -2.46. The van der Waals surface area contributed by atoms with Crippen molar-refractivity contribution >= 4 is 5.96 Å². The highest BCUT2D eigenvalue weighted by Crippen LogP contribution is 2.42. The summed E-state index contributed by atoms with van der Waals surface area (Å²) in [7, 11) is 1.85. The zero-order chi connectivity index (χ0) is 17.5. The van der Waals surface area contributed by atoms with E-state index in [4.69, 9.17) is 0 Å². The van der Waals surface area contributed by atoms with Gasteiger partial charge in [-0.15, -0.1) is 10.2 Å². The van der Waals surface area contributed by atoms with Crippen LogP contribution in [0.5, 0.6) is 0 Å². The van der Waals surface area contributed by atoms with Crippen LogP contribution in [-0.4, -0.2) is 40.9 Å². The number of fused-ring (bicyclic) bond motifs is 1. The summed E-state index contributed by atoms with van der Waals surface area (Å²) in [6.45, 7) is 5.35. The zero-order valence-corrected chi connectivity index (χ0v) is 16.0. The first-order chi connectivity index (χ1) is 12.3. The summed E-state index contributed by atoms with van der Waals surface area (Å²) in [5.41, 5.74) is 0.511. The Kier molecular flexibility index (Phi) is 6.32. The number of rotatable bonds is 7. The predicted molar refractivity (Wildman–Crippen MR) is 102 cm³/mol. The van der Waals surface area contributed by atoms with Gasteiger partial charge >= 0.3 is 0 Å². The molecular weight excluding hydrogens is 312 g/mol. The van der Waals surface area contributed by atoms with Crippen LogP contribution in [0.4, 0.5) is 0 Å². The Bertz CT molecular complexity index is 567. The van der Waals surface area contributed by atoms with Gasteiger partial charge in [0.15, 0.2) is 5.96 Å². The number of nitrogens with zero attached hydrogens (tertiary/aromatic N) is 4. The Morgan fingerprint density at radius 3 is 2.76 bits per heavy atom. The van der Waals surface area contributed by atoms with E-state index in [0.717, 1.165) is 50.7 Å². The van der Waals surface area contributed by atoms with E-state index in [1.54, 1.807) is 0 Å². The minimum absolute atomic E-state index is 0.511. The molecule has 1 fully saturated rings. The van der Waals surface area contributed by atoms with Crippen molar-refractivity contribution in [2.75, 3.05) is 20.1 Å². The molecule has 1 aliphatic heterocycles. The number of hydrogen-bond acceptors (Lipinski definition) is 3. The van der Waals surface area contributed by atoms with Crippen LogP contribution in [-0.2, 0) is 19.4 Å². The summed E-state index contributed by atoms with van der Waals surface area (Å²) in [6.07, 6.45) is 12.3. The maximum absolute atomic E-state index is 4.41. The van der Waals surface area contributed by atoms with Gasteiger partial charge in [-0.25, -0.2) is 0 Å². The van der Waals surface area contributed by atoms with Gasteiger partial charge in [0.05, 0.1) is 0 Å². The summed E-state index contributed by atoms with van der Waals surface area (Å²) in [5, 5.41) is 15.8. The quantitative estimate of drug-likeness (QED) is 0.452. The maximum Gasteiger partial charge on any atom is 0.190 e. The molecule has 2 heterocycles. The molecule has 1 saturated carbocycles. The molecule has 0 bridgehead atoms. The highest BCUT2D eigenvalue weighted by atomic mass is 15.3. The van der Waals surface area contributed by atoms with Crippen molar-refractivity contribution in [1.29, 1.82) is 0 Å². The molecule has 2 aliphatic rings. The molecule has 0 spiro atoms. The maximum atomic E-state index is 4.41. The lowest BCUT2D eigenvalue weighted by molar-refractivity contribution is 0.131. The number of guanidine groups is 1. The van der Waals surface area contributed by atoms with Gasteiger partial charge in [-0.05, 0) is 43.9 Å². The molecule has 1 aromatic rings. The van der Waals surface area contributed by atoms with Gasteiger partial charge in [-0.3, -0.25) is 4.99 Å². The van der Waals surface area contributed by atoms with E-state index in [0.29, 0.717) is 5.41 Å². The molecule has 6 heteroatoms. The van der Waals surface area contributed by atoms with Crippen molar-refractivity contribution in [2.45, 2.75) is 77.7 Å². The first kappa shape index (κ1) is 18.2. The van der Waals surface area contributed by atoms with Gasteiger partial charge in [-0.2, -0.15) is 0 Å². The van der Waals surface area contributed by atoms with E-state index in [2.05, 4.69) is 37.3 Å². The van der Waals surface area contributed by atoms with Gasteiger partial charge in [0.2, 0.25) is 0 Å². The predicted octanol–water partition coefficient (Wildman–Crippen LogP) is 2.68. The van der Waals surface area contributed by atoms with Crippen molar-refractivity contribution in [3.8, 4) is 0 Å². The monoisotopic (exact) mass is 346 g/mol. The van der Waals surface area contributed by atoms with Gasteiger partial charge in [-0.1, -0.05) is 19.8 Å². The van der Waals surface area contributed by atoms with E-state index in [1.165, 1.54) is 50.8 Å². The van der Waals surface area contributed by atoms with Gasteiger partial charge in [0, 0.05) is 39.5 Å². The minimum atomic E-state index is 0.511. The Morgan fingerprint density at radius 2 is 2.04 bits per heavy atom. The van der Waals surface area contributed by atoms with Crippen LogP contribution in [0, 0.1) is 5.41 Å². The summed E-state index contributed by atoms with van der Waals surface area (Å²) in [4.78, 5) is 4.36. The molecule has 0 unspecified atom stereocenters. The molecule has 25 heavy (non-hydrogen) atoms. The normalized spacial score (nSPS) is 19.7. The second-order valence-corrected chi connectivity index (χ2v) is 7.66. The molecule has 0 atom stereocenters. The number of aliphatic imine (C=N–C) groups is 1. The van der Waals surface area contributed by atoms with Crippen LogP contribution in [0.1, 0.15) is 69.9 Å². The molecule has 0 aromatic carbocycles. The minimum Gasteiger partial charge on any atom is -0.356 e. The van der Waals surface area contributed by atoms with Gasteiger partial charge in [0.25, 0.3) is 0 Å². The average molecular weight is 347 g/mol. The zero-order valence-electron chi connectivity index (χ0n) is 16.0. The number of aryl methyl sites for hydroxylation is 2. The van der Waals surface area contributed by atoms with Gasteiger partial charge in [0.1, 0.15) is 11.6 Å². The summed E-state index contributed by atoms with van der Waals surface area (Å²) in [5.74, 6) is 3.27. The molecule has 0 saturated heterocycles. The highest BCUT2D eigenvalue weighted by Gasteiger charge is 2.34. The Labute approximate surface area is 151 Å². The fourth-order valence-electron chi connectivity index (χ4n) is 4.01. The van der Waals surface area contributed by atoms with E-state index in [-0.39, 0.29) is 0 Å². The van der Waals surface area contributed by atoms with Crippen LogP contribution in [0.3, 0.4) is 0 Å². The van der Waals surface area contributed by atoms with Crippen molar-refractivity contribution in [3.05, 3.63) is 11.6 Å². The number of hydrogen-bond donors (Lipinski definition) is 2. The molecule has 140 valence electrons. The van der Waals surface area contributed by atoms with E-state index in [1.807, 2.05) is 7.05 Å². The van der Waals surface area contributed by atoms with Crippen molar-refractivity contribution in [1.82, 2.24) is 25.4 Å². The van der Waals surface area contributed by atoms with Crippen LogP contribution < -0.4 is 10.6 Å². The SMILES string of the molecule is CCC1(CNC(=NC)NCCCc2nnc3n2CCCCC3)CCC1. The molecule has 1 aliphatic carbocycles. The van der Waals surface area contributed by atoms with E-state index >= 15 is 0 Å². The molecule has 3 rings (SSSR count).